The van der Waals surface area contributed by atoms with Crippen molar-refractivity contribution in [3.05, 3.63) is 64.0 Å². The van der Waals surface area contributed by atoms with Crippen LogP contribution < -0.4 is 15.5 Å². The monoisotopic (exact) mass is 433 g/mol. The van der Waals surface area contributed by atoms with Gasteiger partial charge in [0.1, 0.15) is 11.3 Å². The third-order valence-electron chi connectivity index (χ3n) is 4.96. The Bertz CT molecular complexity index is 1150. The summed E-state index contributed by atoms with van der Waals surface area (Å²) < 4.78 is 52.0. The molecule has 0 fully saturated rings. The highest BCUT2D eigenvalue weighted by Crippen LogP contribution is 2.38. The molecule has 5 nitrogen and oxygen atoms in total. The molecule has 3 rings (SSSR count). The number of halogens is 3. The summed E-state index contributed by atoms with van der Waals surface area (Å²) in [6.45, 7) is 4.94. The lowest BCUT2D eigenvalue weighted by atomic mass is 10.0. The van der Waals surface area contributed by atoms with E-state index in [4.69, 9.17) is 9.15 Å². The minimum absolute atomic E-state index is 0.000704. The van der Waals surface area contributed by atoms with Gasteiger partial charge < -0.3 is 14.5 Å². The van der Waals surface area contributed by atoms with Crippen LogP contribution in [0.1, 0.15) is 31.6 Å². The third kappa shape index (κ3) is 4.73. The summed E-state index contributed by atoms with van der Waals surface area (Å²) in [5.74, 6) is -1.56. The van der Waals surface area contributed by atoms with Gasteiger partial charge >= 0.3 is 6.18 Å². The van der Waals surface area contributed by atoms with Crippen molar-refractivity contribution in [1.29, 1.82) is 0 Å². The zero-order chi connectivity index (χ0) is 22.8. The van der Waals surface area contributed by atoms with Gasteiger partial charge in [-0.15, -0.1) is 0 Å². The smallest absolute Gasteiger partial charge is 0.450 e. The topological polar surface area (TPSA) is 68.5 Å². The summed E-state index contributed by atoms with van der Waals surface area (Å²) >= 11 is 0. The number of aryl methyl sites for hydroxylation is 1. The third-order valence-corrected chi connectivity index (χ3v) is 4.96. The van der Waals surface area contributed by atoms with Crippen molar-refractivity contribution >= 4 is 16.9 Å². The molecule has 1 atom stereocenters. The first-order chi connectivity index (χ1) is 14.6. The van der Waals surface area contributed by atoms with Gasteiger partial charge in [-0.2, -0.15) is 13.2 Å². The highest BCUT2D eigenvalue weighted by molar-refractivity contribution is 5.87. The number of rotatable bonds is 6. The van der Waals surface area contributed by atoms with Gasteiger partial charge in [-0.3, -0.25) is 9.59 Å². The van der Waals surface area contributed by atoms with Crippen LogP contribution in [0.2, 0.25) is 0 Å². The minimum Gasteiger partial charge on any atom is -0.483 e. The molecule has 1 aromatic heterocycles. The lowest BCUT2D eigenvalue weighted by molar-refractivity contribution is -0.152. The first-order valence-corrected chi connectivity index (χ1v) is 9.78. The Balaban J connectivity index is 2.08. The summed E-state index contributed by atoms with van der Waals surface area (Å²) in [4.78, 5) is 25.0. The van der Waals surface area contributed by atoms with Gasteiger partial charge in [0, 0.05) is 11.6 Å². The van der Waals surface area contributed by atoms with E-state index in [1.54, 1.807) is 18.2 Å². The lowest BCUT2D eigenvalue weighted by Gasteiger charge is -2.16. The van der Waals surface area contributed by atoms with Gasteiger partial charge in [0.15, 0.2) is 6.61 Å². The number of alkyl halides is 3. The van der Waals surface area contributed by atoms with Crippen LogP contribution in [0.3, 0.4) is 0 Å². The largest absolute Gasteiger partial charge is 0.483 e. The maximum atomic E-state index is 13.8. The zero-order valence-electron chi connectivity index (χ0n) is 17.3. The number of benzene rings is 2. The fourth-order valence-corrected chi connectivity index (χ4v) is 3.16. The molecule has 0 aliphatic rings. The number of hydrogen-bond donors (Lipinski definition) is 1. The summed E-state index contributed by atoms with van der Waals surface area (Å²) in [5.41, 5.74) is -1.23. The summed E-state index contributed by atoms with van der Waals surface area (Å²) in [6, 6.07) is 10.4. The van der Waals surface area contributed by atoms with Crippen LogP contribution in [0.15, 0.2) is 51.7 Å². The van der Waals surface area contributed by atoms with Crippen molar-refractivity contribution in [3.63, 3.8) is 0 Å². The van der Waals surface area contributed by atoms with Crippen LogP contribution in [0.4, 0.5) is 13.2 Å². The van der Waals surface area contributed by atoms with Gasteiger partial charge in [0.25, 0.3) is 5.91 Å². The van der Waals surface area contributed by atoms with E-state index in [9.17, 15) is 22.8 Å². The number of fused-ring (bicyclic) bond motifs is 1. The second-order valence-corrected chi connectivity index (χ2v) is 7.23. The number of carbonyl (C=O) groups excluding carboxylic acids is 1. The van der Waals surface area contributed by atoms with Crippen LogP contribution >= 0.6 is 0 Å². The normalized spacial score (nSPS) is 12.6. The Labute approximate surface area is 176 Å². The molecule has 1 amide bonds. The quantitative estimate of drug-likeness (QED) is 0.589. The second kappa shape index (κ2) is 8.83. The first-order valence-electron chi connectivity index (χ1n) is 9.78. The van der Waals surface area contributed by atoms with Crippen molar-refractivity contribution in [2.24, 2.45) is 0 Å². The maximum absolute atomic E-state index is 13.8. The van der Waals surface area contributed by atoms with E-state index < -0.39 is 22.9 Å². The fourth-order valence-electron chi connectivity index (χ4n) is 3.16. The highest BCUT2D eigenvalue weighted by atomic mass is 19.4. The predicted octanol–water partition coefficient (Wildman–Crippen LogP) is 5.08. The molecule has 2 aromatic carbocycles. The SMILES string of the molecule is CC[C@@H](C)NC(=O)COc1ccc2c(=O)c(-c3ccccc3)c(C(F)(F)F)oc2c1C. The molecule has 164 valence electrons. The molecule has 0 saturated carbocycles. The number of nitrogens with one attached hydrogen (secondary N) is 1. The average molecular weight is 433 g/mol. The molecule has 0 bridgehead atoms. The van der Waals surface area contributed by atoms with Crippen LogP contribution in [0.5, 0.6) is 5.75 Å². The first kappa shape index (κ1) is 22.4. The Morgan fingerprint density at radius 1 is 1.16 bits per heavy atom. The van der Waals surface area contributed by atoms with Crippen molar-refractivity contribution in [3.8, 4) is 16.9 Å². The Morgan fingerprint density at radius 3 is 2.45 bits per heavy atom. The van der Waals surface area contributed by atoms with E-state index in [-0.39, 0.29) is 46.4 Å². The molecule has 1 heterocycles. The standard InChI is InChI=1S/C23H22F3NO4/c1-4-13(2)27-18(28)12-30-17-11-10-16-20(29)19(15-8-6-5-7-9-15)22(23(24,25)26)31-21(16)14(17)3/h5-11,13H,4,12H2,1-3H3,(H,27,28)/t13-/m1/s1. The van der Waals surface area contributed by atoms with E-state index in [0.29, 0.717) is 0 Å². The van der Waals surface area contributed by atoms with E-state index >= 15 is 0 Å². The van der Waals surface area contributed by atoms with Crippen molar-refractivity contribution in [2.45, 2.75) is 39.4 Å². The number of carbonyl (C=O) groups is 1. The molecular weight excluding hydrogens is 411 g/mol. The molecule has 0 radical (unpaired) electrons. The van der Waals surface area contributed by atoms with Crippen LogP contribution in [-0.2, 0) is 11.0 Å². The van der Waals surface area contributed by atoms with Crippen LogP contribution in [-0.4, -0.2) is 18.6 Å². The van der Waals surface area contributed by atoms with Gasteiger partial charge in [-0.25, -0.2) is 0 Å². The number of hydrogen-bond acceptors (Lipinski definition) is 4. The molecule has 0 unspecified atom stereocenters. The molecule has 8 heteroatoms. The van der Waals surface area contributed by atoms with Crippen molar-refractivity contribution in [1.82, 2.24) is 5.32 Å². The molecular formula is C23H22F3NO4. The van der Waals surface area contributed by atoms with Crippen molar-refractivity contribution in [2.75, 3.05) is 6.61 Å². The summed E-state index contributed by atoms with van der Waals surface area (Å²) in [6.07, 6.45) is -4.13. The maximum Gasteiger partial charge on any atom is 0.450 e. The van der Waals surface area contributed by atoms with E-state index in [1.807, 2.05) is 13.8 Å². The summed E-state index contributed by atoms with van der Waals surface area (Å²) in [7, 11) is 0. The van der Waals surface area contributed by atoms with Gasteiger partial charge in [0.2, 0.25) is 11.2 Å². The highest BCUT2D eigenvalue weighted by Gasteiger charge is 2.39. The van der Waals surface area contributed by atoms with Gasteiger partial charge in [-0.1, -0.05) is 37.3 Å². The fraction of sp³-hybridized carbons (Fsp3) is 0.304. The average Bonchev–Trinajstić information content (AvgIpc) is 2.73. The Kier molecular flexibility index (Phi) is 6.38. The van der Waals surface area contributed by atoms with E-state index in [2.05, 4.69) is 5.32 Å². The minimum atomic E-state index is -4.88. The molecule has 3 aromatic rings. The zero-order valence-corrected chi connectivity index (χ0v) is 17.3. The lowest BCUT2D eigenvalue weighted by Crippen LogP contribution is -2.35. The number of ether oxygens (including phenoxy) is 1. The second-order valence-electron chi connectivity index (χ2n) is 7.23. The Morgan fingerprint density at radius 2 is 1.84 bits per heavy atom. The molecule has 0 aliphatic heterocycles. The van der Waals surface area contributed by atoms with Crippen molar-refractivity contribution < 1.29 is 27.1 Å². The molecule has 0 spiro atoms. The Hall–Kier alpha value is -3.29. The predicted molar refractivity (Wildman–Crippen MR) is 111 cm³/mol. The van der Waals surface area contributed by atoms with Crippen LogP contribution in [0, 0.1) is 6.92 Å². The van der Waals surface area contributed by atoms with Gasteiger partial charge in [0.05, 0.1) is 10.9 Å². The van der Waals surface area contributed by atoms with E-state index in [1.165, 1.54) is 31.2 Å². The molecule has 0 aliphatic carbocycles. The van der Waals surface area contributed by atoms with E-state index in [0.717, 1.165) is 6.42 Å². The molecule has 0 saturated heterocycles. The number of amides is 1. The molecule has 1 N–H and O–H groups in total. The summed E-state index contributed by atoms with van der Waals surface area (Å²) in [5, 5.41) is 2.73. The molecule has 31 heavy (non-hydrogen) atoms. The van der Waals surface area contributed by atoms with Gasteiger partial charge in [-0.05, 0) is 38.0 Å². The van der Waals surface area contributed by atoms with Crippen LogP contribution in [0.25, 0.3) is 22.1 Å².